The highest BCUT2D eigenvalue weighted by Crippen LogP contribution is 2.43. The van der Waals surface area contributed by atoms with Crippen molar-refractivity contribution in [2.24, 2.45) is 0 Å². The summed E-state index contributed by atoms with van der Waals surface area (Å²) in [4.78, 5) is 14.1. The Morgan fingerprint density at radius 1 is 1.26 bits per heavy atom. The normalized spacial score (nSPS) is 16.7. The van der Waals surface area contributed by atoms with Crippen LogP contribution in [0.3, 0.4) is 0 Å². The van der Waals surface area contributed by atoms with E-state index in [9.17, 15) is 4.79 Å². The van der Waals surface area contributed by atoms with Crippen LogP contribution in [0.15, 0.2) is 48.0 Å². The predicted molar refractivity (Wildman–Crippen MR) is 91.5 cm³/mol. The smallest absolute Gasteiger partial charge is 0.231 e. The molecule has 4 rings (SSSR count). The number of rotatable bonds is 4. The molecular formula is C18H19N3OS. The lowest BCUT2D eigenvalue weighted by Crippen LogP contribution is -2.41. The number of amides is 1. The number of carbonyl (C=O) groups excluding carboxylic acids is 1. The Kier molecular flexibility index (Phi) is 3.65. The van der Waals surface area contributed by atoms with Gasteiger partial charge in [-0.05, 0) is 42.5 Å². The van der Waals surface area contributed by atoms with Crippen LogP contribution in [0.2, 0.25) is 0 Å². The topological polar surface area (TPSA) is 46.4 Å². The number of nitrogens with zero attached hydrogens (tertiary/aromatic N) is 2. The second kappa shape index (κ2) is 5.81. The molecule has 23 heavy (non-hydrogen) atoms. The van der Waals surface area contributed by atoms with Crippen LogP contribution in [-0.4, -0.2) is 15.5 Å². The van der Waals surface area contributed by atoms with Crippen LogP contribution in [0.4, 0.5) is 0 Å². The zero-order valence-electron chi connectivity index (χ0n) is 12.9. The van der Waals surface area contributed by atoms with Gasteiger partial charge in [0.15, 0.2) is 0 Å². The van der Waals surface area contributed by atoms with Crippen LogP contribution in [-0.2, 0) is 16.8 Å². The van der Waals surface area contributed by atoms with Gasteiger partial charge in [0.25, 0.3) is 0 Å². The maximum absolute atomic E-state index is 12.9. The zero-order chi connectivity index (χ0) is 15.7. The average Bonchev–Trinajstić information content (AvgIpc) is 3.32. The molecule has 5 heteroatoms. The standard InChI is InChI=1S/C18H19N3OS/c22-17(18(8-2-3-9-18)16-7-5-11-23-16)19-13-14-12-15-6-1-4-10-21(15)20-14/h1,4-7,10-12H,2-3,8-9,13H2,(H,19,22). The van der Waals surface area contributed by atoms with Gasteiger partial charge in [-0.15, -0.1) is 11.3 Å². The first kappa shape index (κ1) is 14.5. The zero-order valence-corrected chi connectivity index (χ0v) is 13.7. The van der Waals surface area contributed by atoms with E-state index >= 15 is 0 Å². The van der Waals surface area contributed by atoms with Gasteiger partial charge in [-0.1, -0.05) is 25.0 Å². The summed E-state index contributed by atoms with van der Waals surface area (Å²) in [5.41, 5.74) is 1.61. The first-order chi connectivity index (χ1) is 11.3. The first-order valence-corrected chi connectivity index (χ1v) is 8.91. The fraction of sp³-hybridized carbons (Fsp3) is 0.333. The van der Waals surface area contributed by atoms with Crippen molar-refractivity contribution in [1.82, 2.24) is 14.9 Å². The van der Waals surface area contributed by atoms with Crippen molar-refractivity contribution in [3.63, 3.8) is 0 Å². The molecule has 0 atom stereocenters. The third kappa shape index (κ3) is 2.55. The van der Waals surface area contributed by atoms with E-state index in [2.05, 4.69) is 21.9 Å². The Morgan fingerprint density at radius 2 is 2.13 bits per heavy atom. The summed E-state index contributed by atoms with van der Waals surface area (Å²) >= 11 is 1.69. The molecular weight excluding hydrogens is 306 g/mol. The quantitative estimate of drug-likeness (QED) is 0.798. The van der Waals surface area contributed by atoms with E-state index in [-0.39, 0.29) is 11.3 Å². The highest BCUT2D eigenvalue weighted by Gasteiger charge is 2.43. The van der Waals surface area contributed by atoms with Crippen LogP contribution < -0.4 is 5.32 Å². The lowest BCUT2D eigenvalue weighted by atomic mass is 9.83. The molecule has 0 spiro atoms. The maximum atomic E-state index is 12.9. The van der Waals surface area contributed by atoms with Gasteiger partial charge in [-0.25, -0.2) is 4.52 Å². The molecule has 3 heterocycles. The predicted octanol–water partition coefficient (Wildman–Crippen LogP) is 3.52. The fourth-order valence-electron chi connectivity index (χ4n) is 3.53. The van der Waals surface area contributed by atoms with Crippen LogP contribution in [0.1, 0.15) is 36.3 Å². The number of carbonyl (C=O) groups is 1. The van der Waals surface area contributed by atoms with E-state index < -0.39 is 0 Å². The molecule has 1 saturated carbocycles. The maximum Gasteiger partial charge on any atom is 0.231 e. The molecule has 3 aromatic rings. The van der Waals surface area contributed by atoms with Crippen molar-refractivity contribution < 1.29 is 4.79 Å². The largest absolute Gasteiger partial charge is 0.350 e. The second-order valence-corrected chi connectivity index (χ2v) is 7.10. The number of aromatic nitrogens is 2. The third-order valence-corrected chi connectivity index (χ3v) is 5.81. The number of nitrogens with one attached hydrogen (secondary N) is 1. The van der Waals surface area contributed by atoms with Crippen LogP contribution >= 0.6 is 11.3 Å². The molecule has 1 amide bonds. The van der Waals surface area contributed by atoms with Gasteiger partial charge in [-0.2, -0.15) is 5.10 Å². The summed E-state index contributed by atoms with van der Waals surface area (Å²) in [6.45, 7) is 0.480. The Bertz CT molecular complexity index is 783. The van der Waals surface area contributed by atoms with Gasteiger partial charge in [0, 0.05) is 11.1 Å². The van der Waals surface area contributed by atoms with Crippen LogP contribution in [0, 0.1) is 0 Å². The van der Waals surface area contributed by atoms with Crippen molar-refractivity contribution in [2.75, 3.05) is 0 Å². The molecule has 1 fully saturated rings. The lowest BCUT2D eigenvalue weighted by molar-refractivity contribution is -0.126. The van der Waals surface area contributed by atoms with Crippen molar-refractivity contribution in [3.05, 3.63) is 58.5 Å². The summed E-state index contributed by atoms with van der Waals surface area (Å²) in [5.74, 6) is 0.148. The van der Waals surface area contributed by atoms with E-state index in [1.165, 1.54) is 4.88 Å². The fourth-order valence-corrected chi connectivity index (χ4v) is 4.52. The second-order valence-electron chi connectivity index (χ2n) is 6.15. The molecule has 1 aliphatic carbocycles. The van der Waals surface area contributed by atoms with Crippen LogP contribution in [0.5, 0.6) is 0 Å². The summed E-state index contributed by atoms with van der Waals surface area (Å²) in [6, 6.07) is 12.1. The Hall–Kier alpha value is -2.14. The Morgan fingerprint density at radius 3 is 2.87 bits per heavy atom. The van der Waals surface area contributed by atoms with E-state index in [1.807, 2.05) is 41.0 Å². The molecule has 0 aromatic carbocycles. The molecule has 3 aromatic heterocycles. The van der Waals surface area contributed by atoms with Crippen molar-refractivity contribution in [3.8, 4) is 0 Å². The van der Waals surface area contributed by atoms with Gasteiger partial charge < -0.3 is 5.32 Å². The van der Waals surface area contributed by atoms with Gasteiger partial charge >= 0.3 is 0 Å². The molecule has 0 aliphatic heterocycles. The number of hydrogen-bond acceptors (Lipinski definition) is 3. The van der Waals surface area contributed by atoms with E-state index in [4.69, 9.17) is 0 Å². The summed E-state index contributed by atoms with van der Waals surface area (Å²) in [7, 11) is 0. The Balaban J connectivity index is 1.52. The highest BCUT2D eigenvalue weighted by atomic mass is 32.1. The summed E-state index contributed by atoms with van der Waals surface area (Å²) in [5, 5.41) is 9.68. The first-order valence-electron chi connectivity index (χ1n) is 8.03. The number of thiophene rings is 1. The van der Waals surface area contributed by atoms with Crippen LogP contribution in [0.25, 0.3) is 5.52 Å². The molecule has 0 saturated heterocycles. The molecule has 0 unspecified atom stereocenters. The van der Waals surface area contributed by atoms with Crippen molar-refractivity contribution in [2.45, 2.75) is 37.6 Å². The molecule has 118 valence electrons. The third-order valence-electron chi connectivity index (χ3n) is 4.74. The molecule has 0 bridgehead atoms. The van der Waals surface area contributed by atoms with Gasteiger partial charge in [0.1, 0.15) is 0 Å². The van der Waals surface area contributed by atoms with Crippen molar-refractivity contribution in [1.29, 1.82) is 0 Å². The number of pyridine rings is 1. The highest BCUT2D eigenvalue weighted by molar-refractivity contribution is 7.10. The van der Waals surface area contributed by atoms with E-state index in [0.29, 0.717) is 6.54 Å². The molecule has 4 nitrogen and oxygen atoms in total. The molecule has 0 radical (unpaired) electrons. The van der Waals surface area contributed by atoms with E-state index in [1.54, 1.807) is 11.3 Å². The number of hydrogen-bond donors (Lipinski definition) is 1. The minimum Gasteiger partial charge on any atom is -0.350 e. The van der Waals surface area contributed by atoms with Crippen molar-refractivity contribution >= 4 is 22.8 Å². The Labute approximate surface area is 139 Å². The van der Waals surface area contributed by atoms with Gasteiger partial charge in [-0.3, -0.25) is 4.79 Å². The SMILES string of the molecule is O=C(NCc1cc2ccccn2n1)C1(c2cccs2)CCCC1. The van der Waals surface area contributed by atoms with Gasteiger partial charge in [0.2, 0.25) is 5.91 Å². The molecule has 1 aliphatic rings. The monoisotopic (exact) mass is 325 g/mol. The summed E-state index contributed by atoms with van der Waals surface area (Å²) in [6.07, 6.45) is 6.07. The van der Waals surface area contributed by atoms with Gasteiger partial charge in [0.05, 0.1) is 23.2 Å². The lowest BCUT2D eigenvalue weighted by Gasteiger charge is -2.26. The average molecular weight is 325 g/mol. The summed E-state index contributed by atoms with van der Waals surface area (Å²) < 4.78 is 1.84. The minimum atomic E-state index is -0.326. The minimum absolute atomic E-state index is 0.148. The van der Waals surface area contributed by atoms with E-state index in [0.717, 1.165) is 36.9 Å². The number of fused-ring (bicyclic) bond motifs is 1. The molecule has 1 N–H and O–H groups in total.